The highest BCUT2D eigenvalue weighted by Crippen LogP contribution is 2.14. The minimum absolute atomic E-state index is 0.0814. The van der Waals surface area contributed by atoms with Crippen molar-refractivity contribution in [1.82, 2.24) is 5.32 Å². The molecule has 0 saturated heterocycles. The summed E-state index contributed by atoms with van der Waals surface area (Å²) in [6.07, 6.45) is 19.1. The first-order chi connectivity index (χ1) is 14.1. The summed E-state index contributed by atoms with van der Waals surface area (Å²) in [5.74, 6) is 0.0814. The maximum atomic E-state index is 11.9. The van der Waals surface area contributed by atoms with Gasteiger partial charge >= 0.3 is 0 Å². The van der Waals surface area contributed by atoms with E-state index in [9.17, 15) is 4.79 Å². The van der Waals surface area contributed by atoms with E-state index in [1.165, 1.54) is 94.6 Å². The zero-order valence-electron chi connectivity index (χ0n) is 19.5. The number of amides is 1. The average Bonchev–Trinajstić information content (AvgIpc) is 2.71. The molecular weight excluding hydrogens is 356 g/mol. The van der Waals surface area contributed by atoms with Crippen LogP contribution in [0.1, 0.15) is 108 Å². The van der Waals surface area contributed by atoms with E-state index in [-0.39, 0.29) is 5.91 Å². The number of anilines is 1. The fourth-order valence-electron chi connectivity index (χ4n) is 3.64. The van der Waals surface area contributed by atoms with Gasteiger partial charge in [0, 0.05) is 12.2 Å². The Morgan fingerprint density at radius 1 is 0.724 bits per heavy atom. The third kappa shape index (κ3) is 14.2. The number of aryl methyl sites for hydroxylation is 2. The van der Waals surface area contributed by atoms with Gasteiger partial charge < -0.3 is 10.6 Å². The molecule has 0 radical (unpaired) electrons. The van der Waals surface area contributed by atoms with Gasteiger partial charge in [-0.1, -0.05) is 96.5 Å². The number of rotatable bonds is 18. The van der Waals surface area contributed by atoms with Crippen molar-refractivity contribution in [2.24, 2.45) is 0 Å². The standard InChI is InChI=1S/C26H46N2O/c1-4-5-6-7-8-9-10-11-12-13-14-15-16-17-20-27-26(29)22-28-25-19-18-23(2)24(3)21-25/h18-19,21,28H,4-17,20,22H2,1-3H3,(H,27,29). The highest BCUT2D eigenvalue weighted by molar-refractivity contribution is 5.80. The van der Waals surface area contributed by atoms with Crippen molar-refractivity contribution >= 4 is 11.6 Å². The fraction of sp³-hybridized carbons (Fsp3) is 0.731. The largest absolute Gasteiger partial charge is 0.376 e. The molecule has 0 aromatic heterocycles. The molecule has 1 rings (SSSR count). The van der Waals surface area contributed by atoms with Crippen LogP contribution in [0.15, 0.2) is 18.2 Å². The summed E-state index contributed by atoms with van der Waals surface area (Å²) in [5, 5.41) is 6.22. The Morgan fingerprint density at radius 2 is 1.24 bits per heavy atom. The van der Waals surface area contributed by atoms with Crippen LogP contribution in [0.4, 0.5) is 5.69 Å². The first-order valence-corrected chi connectivity index (χ1v) is 12.2. The number of benzene rings is 1. The Bertz CT molecular complexity index is 542. The Balaban J connectivity index is 1.84. The van der Waals surface area contributed by atoms with Gasteiger partial charge in [-0.3, -0.25) is 4.79 Å². The molecule has 0 heterocycles. The zero-order chi connectivity index (χ0) is 21.2. The minimum Gasteiger partial charge on any atom is -0.376 e. The molecule has 29 heavy (non-hydrogen) atoms. The lowest BCUT2D eigenvalue weighted by molar-refractivity contribution is -0.119. The van der Waals surface area contributed by atoms with Crippen LogP contribution in [0.3, 0.4) is 0 Å². The molecule has 0 saturated carbocycles. The van der Waals surface area contributed by atoms with E-state index in [4.69, 9.17) is 0 Å². The van der Waals surface area contributed by atoms with Crippen LogP contribution in [0, 0.1) is 13.8 Å². The van der Waals surface area contributed by atoms with Crippen LogP contribution in [-0.4, -0.2) is 19.0 Å². The molecule has 0 fully saturated rings. The second kappa shape index (κ2) is 17.4. The van der Waals surface area contributed by atoms with Crippen molar-refractivity contribution in [3.05, 3.63) is 29.3 Å². The quantitative estimate of drug-likeness (QED) is 0.253. The maximum absolute atomic E-state index is 11.9. The summed E-state index contributed by atoms with van der Waals surface area (Å²) in [4.78, 5) is 11.9. The maximum Gasteiger partial charge on any atom is 0.239 e. The van der Waals surface area contributed by atoms with Crippen LogP contribution in [0.2, 0.25) is 0 Å². The molecule has 0 aliphatic heterocycles. The third-order valence-electron chi connectivity index (χ3n) is 5.81. The van der Waals surface area contributed by atoms with Gasteiger partial charge in [-0.25, -0.2) is 0 Å². The van der Waals surface area contributed by atoms with Crippen LogP contribution in [0.25, 0.3) is 0 Å². The first-order valence-electron chi connectivity index (χ1n) is 12.2. The molecule has 166 valence electrons. The predicted molar refractivity (Wildman–Crippen MR) is 128 cm³/mol. The zero-order valence-corrected chi connectivity index (χ0v) is 19.5. The molecule has 1 aromatic carbocycles. The number of nitrogens with one attached hydrogen (secondary N) is 2. The van der Waals surface area contributed by atoms with Crippen molar-refractivity contribution < 1.29 is 4.79 Å². The summed E-state index contributed by atoms with van der Waals surface area (Å²) in [6, 6.07) is 6.21. The monoisotopic (exact) mass is 402 g/mol. The Hall–Kier alpha value is -1.51. The molecule has 0 bridgehead atoms. The van der Waals surface area contributed by atoms with Crippen molar-refractivity contribution in [2.75, 3.05) is 18.4 Å². The smallest absolute Gasteiger partial charge is 0.239 e. The van der Waals surface area contributed by atoms with Gasteiger partial charge in [0.05, 0.1) is 6.54 Å². The number of unbranched alkanes of at least 4 members (excludes halogenated alkanes) is 13. The van der Waals surface area contributed by atoms with E-state index in [0.29, 0.717) is 6.54 Å². The van der Waals surface area contributed by atoms with E-state index in [0.717, 1.165) is 18.7 Å². The minimum atomic E-state index is 0.0814. The molecule has 0 spiro atoms. The van der Waals surface area contributed by atoms with E-state index in [1.54, 1.807) is 0 Å². The summed E-state index contributed by atoms with van der Waals surface area (Å²) < 4.78 is 0. The Kier molecular flexibility index (Phi) is 15.3. The second-order valence-corrected chi connectivity index (χ2v) is 8.60. The normalized spacial score (nSPS) is 10.9. The van der Waals surface area contributed by atoms with E-state index < -0.39 is 0 Å². The number of hydrogen-bond acceptors (Lipinski definition) is 2. The van der Waals surface area contributed by atoms with Crippen molar-refractivity contribution in [3.8, 4) is 0 Å². The molecule has 0 aliphatic carbocycles. The summed E-state index contributed by atoms with van der Waals surface area (Å²) >= 11 is 0. The van der Waals surface area contributed by atoms with Gasteiger partial charge in [0.2, 0.25) is 5.91 Å². The Labute approximate surface area is 180 Å². The van der Waals surface area contributed by atoms with Gasteiger partial charge in [-0.15, -0.1) is 0 Å². The molecule has 0 atom stereocenters. The van der Waals surface area contributed by atoms with Crippen LogP contribution < -0.4 is 10.6 Å². The number of carbonyl (C=O) groups is 1. The van der Waals surface area contributed by atoms with Gasteiger partial charge in [0.1, 0.15) is 0 Å². The summed E-state index contributed by atoms with van der Waals surface area (Å²) in [7, 11) is 0. The van der Waals surface area contributed by atoms with E-state index >= 15 is 0 Å². The van der Waals surface area contributed by atoms with Gasteiger partial charge in [0.15, 0.2) is 0 Å². The lowest BCUT2D eigenvalue weighted by atomic mass is 10.0. The van der Waals surface area contributed by atoms with E-state index in [1.807, 2.05) is 6.07 Å². The van der Waals surface area contributed by atoms with Gasteiger partial charge in [-0.2, -0.15) is 0 Å². The van der Waals surface area contributed by atoms with Crippen molar-refractivity contribution in [3.63, 3.8) is 0 Å². The summed E-state index contributed by atoms with van der Waals surface area (Å²) in [5.41, 5.74) is 3.54. The topological polar surface area (TPSA) is 41.1 Å². The SMILES string of the molecule is CCCCCCCCCCCCCCCCNC(=O)CNc1ccc(C)c(C)c1. The highest BCUT2D eigenvalue weighted by Gasteiger charge is 2.02. The fourth-order valence-corrected chi connectivity index (χ4v) is 3.64. The molecule has 2 N–H and O–H groups in total. The lowest BCUT2D eigenvalue weighted by Crippen LogP contribution is -2.30. The number of carbonyl (C=O) groups excluding carboxylic acids is 1. The molecule has 3 heteroatoms. The predicted octanol–water partition coefficient (Wildman–Crippen LogP) is 7.31. The van der Waals surface area contributed by atoms with Crippen LogP contribution in [0.5, 0.6) is 0 Å². The van der Waals surface area contributed by atoms with Crippen LogP contribution >= 0.6 is 0 Å². The van der Waals surface area contributed by atoms with Gasteiger partial charge in [-0.05, 0) is 43.5 Å². The highest BCUT2D eigenvalue weighted by atomic mass is 16.1. The molecule has 3 nitrogen and oxygen atoms in total. The molecular formula is C26H46N2O. The van der Waals surface area contributed by atoms with Crippen molar-refractivity contribution in [1.29, 1.82) is 0 Å². The molecule has 1 aromatic rings. The lowest BCUT2D eigenvalue weighted by Gasteiger charge is -2.09. The third-order valence-corrected chi connectivity index (χ3v) is 5.81. The molecule has 0 unspecified atom stereocenters. The molecule has 0 aliphatic rings. The van der Waals surface area contributed by atoms with Crippen LogP contribution in [-0.2, 0) is 4.79 Å². The van der Waals surface area contributed by atoms with Crippen molar-refractivity contribution in [2.45, 2.75) is 111 Å². The number of hydrogen-bond donors (Lipinski definition) is 2. The summed E-state index contributed by atoms with van der Waals surface area (Å²) in [6.45, 7) is 7.62. The second-order valence-electron chi connectivity index (χ2n) is 8.60. The first kappa shape index (κ1) is 25.5. The van der Waals surface area contributed by atoms with Gasteiger partial charge in [0.25, 0.3) is 0 Å². The van der Waals surface area contributed by atoms with E-state index in [2.05, 4.69) is 43.5 Å². The Morgan fingerprint density at radius 3 is 1.76 bits per heavy atom. The average molecular weight is 403 g/mol. The molecule has 1 amide bonds.